The second-order valence-corrected chi connectivity index (χ2v) is 11.6. The molecule has 3 rings (SSSR count). The number of sulfonamides is 1. The zero-order chi connectivity index (χ0) is 23.4. The van der Waals surface area contributed by atoms with Crippen LogP contribution in [0.2, 0.25) is 0 Å². The van der Waals surface area contributed by atoms with Gasteiger partial charge in [0, 0.05) is 25.9 Å². The highest BCUT2D eigenvalue weighted by molar-refractivity contribution is 7.90. The van der Waals surface area contributed by atoms with E-state index in [-0.39, 0.29) is 22.2 Å². The van der Waals surface area contributed by atoms with Crippen molar-refractivity contribution >= 4 is 32.3 Å². The Kier molecular flexibility index (Phi) is 9.57. The third-order valence-electron chi connectivity index (χ3n) is 5.55. The van der Waals surface area contributed by atoms with Crippen LogP contribution in [-0.4, -0.2) is 61.8 Å². The molecule has 0 aromatic heterocycles. The van der Waals surface area contributed by atoms with Crippen molar-refractivity contribution in [1.82, 2.24) is 9.62 Å². The molecule has 1 aliphatic rings. The van der Waals surface area contributed by atoms with Gasteiger partial charge in [-0.15, -0.1) is 12.4 Å². The maximum absolute atomic E-state index is 12.4. The largest absolute Gasteiger partial charge is 0.493 e. The molecule has 0 spiro atoms. The molecular weight excluding hydrogens is 488 g/mol. The van der Waals surface area contributed by atoms with Gasteiger partial charge in [-0.05, 0) is 73.3 Å². The number of sulfone groups is 1. The van der Waals surface area contributed by atoms with E-state index in [9.17, 15) is 16.8 Å². The molecule has 0 fully saturated rings. The van der Waals surface area contributed by atoms with Gasteiger partial charge in [0.25, 0.3) is 0 Å². The first kappa shape index (κ1) is 27.4. The van der Waals surface area contributed by atoms with Crippen molar-refractivity contribution in [3.05, 3.63) is 47.5 Å². The maximum Gasteiger partial charge on any atom is 0.240 e. The summed E-state index contributed by atoms with van der Waals surface area (Å²) in [6.07, 6.45) is 3.59. The monoisotopic (exact) mass is 518 g/mol. The minimum atomic E-state index is -3.67. The molecule has 0 amide bonds. The quantitative estimate of drug-likeness (QED) is 0.482. The summed E-state index contributed by atoms with van der Waals surface area (Å²) < 4.78 is 61.2. The zero-order valence-corrected chi connectivity index (χ0v) is 21.5. The Hall–Kier alpha value is -1.85. The summed E-state index contributed by atoms with van der Waals surface area (Å²) in [5.41, 5.74) is 2.50. The molecule has 11 heteroatoms. The van der Waals surface area contributed by atoms with E-state index >= 15 is 0 Å². The summed E-state index contributed by atoms with van der Waals surface area (Å²) in [4.78, 5) is 2.50. The van der Waals surface area contributed by atoms with Gasteiger partial charge < -0.3 is 9.47 Å². The van der Waals surface area contributed by atoms with Gasteiger partial charge in [-0.25, -0.2) is 21.6 Å². The fourth-order valence-electron chi connectivity index (χ4n) is 3.75. The van der Waals surface area contributed by atoms with Crippen LogP contribution in [-0.2, 0) is 32.8 Å². The lowest BCUT2D eigenvalue weighted by Gasteiger charge is -2.29. The minimum Gasteiger partial charge on any atom is -0.493 e. The molecule has 0 bridgehead atoms. The molecule has 184 valence electrons. The SMILES string of the molecule is COc1cc2c(cc1OC)CN(CCCCNS(=O)(=O)c1ccc(S(C)(=O)=O)cc1)CC2.Cl. The lowest BCUT2D eigenvalue weighted by molar-refractivity contribution is 0.248. The number of ether oxygens (including phenoxy) is 2. The second-order valence-electron chi connectivity index (χ2n) is 7.85. The minimum absolute atomic E-state index is 0. The topological polar surface area (TPSA) is 102 Å². The smallest absolute Gasteiger partial charge is 0.240 e. The standard InChI is InChI=1S/C22H30N2O6S2.ClH/c1-29-21-14-17-10-13-24(16-18(17)15-22(21)30-2)12-5-4-11-23-32(27,28)20-8-6-19(7-9-20)31(3,25)26;/h6-9,14-15,23H,4-5,10-13,16H2,1-3H3;1H. The van der Waals surface area contributed by atoms with Gasteiger partial charge >= 0.3 is 0 Å². The van der Waals surface area contributed by atoms with Crippen molar-refractivity contribution in [2.75, 3.05) is 40.1 Å². The molecule has 8 nitrogen and oxygen atoms in total. The van der Waals surface area contributed by atoms with Crippen LogP contribution in [0.25, 0.3) is 0 Å². The number of hydrogen-bond donors (Lipinski definition) is 1. The average Bonchev–Trinajstić information content (AvgIpc) is 2.77. The molecule has 2 aromatic rings. The maximum atomic E-state index is 12.4. The molecule has 0 saturated carbocycles. The highest BCUT2D eigenvalue weighted by Gasteiger charge is 2.19. The Labute approximate surface area is 202 Å². The molecule has 1 heterocycles. The van der Waals surface area contributed by atoms with Gasteiger partial charge in [-0.2, -0.15) is 0 Å². The van der Waals surface area contributed by atoms with Crippen LogP contribution in [0.1, 0.15) is 24.0 Å². The third kappa shape index (κ3) is 7.07. The van der Waals surface area contributed by atoms with Crippen LogP contribution >= 0.6 is 12.4 Å². The Morgan fingerprint density at radius 3 is 2.06 bits per heavy atom. The lowest BCUT2D eigenvalue weighted by atomic mass is 9.98. The van der Waals surface area contributed by atoms with Crippen molar-refractivity contribution in [3.63, 3.8) is 0 Å². The number of halogens is 1. The van der Waals surface area contributed by atoms with Crippen LogP contribution in [0.4, 0.5) is 0 Å². The Morgan fingerprint density at radius 1 is 0.909 bits per heavy atom. The van der Waals surface area contributed by atoms with E-state index in [0.717, 1.165) is 50.2 Å². The van der Waals surface area contributed by atoms with E-state index in [1.165, 1.54) is 35.4 Å². The number of nitrogens with zero attached hydrogens (tertiary/aromatic N) is 1. The first-order valence-corrected chi connectivity index (χ1v) is 13.8. The predicted molar refractivity (Wildman–Crippen MR) is 130 cm³/mol. The summed E-state index contributed by atoms with van der Waals surface area (Å²) in [5, 5.41) is 0. The highest BCUT2D eigenvalue weighted by atomic mass is 35.5. The normalized spacial score (nSPS) is 14.3. The van der Waals surface area contributed by atoms with Gasteiger partial charge in [0.2, 0.25) is 10.0 Å². The number of nitrogens with one attached hydrogen (secondary N) is 1. The van der Waals surface area contributed by atoms with Crippen molar-refractivity contribution < 1.29 is 26.3 Å². The first-order valence-electron chi connectivity index (χ1n) is 10.4. The molecule has 0 saturated heterocycles. The van der Waals surface area contributed by atoms with E-state index < -0.39 is 19.9 Å². The van der Waals surface area contributed by atoms with Gasteiger partial charge in [-0.1, -0.05) is 0 Å². The summed E-state index contributed by atoms with van der Waals surface area (Å²) in [6.45, 7) is 2.97. The molecule has 0 atom stereocenters. The number of fused-ring (bicyclic) bond motifs is 1. The molecule has 0 radical (unpaired) electrons. The lowest BCUT2D eigenvalue weighted by Crippen LogP contribution is -2.32. The molecule has 1 aliphatic heterocycles. The number of methoxy groups -OCH3 is 2. The third-order valence-corrected chi connectivity index (χ3v) is 8.16. The van der Waals surface area contributed by atoms with E-state index in [1.807, 2.05) is 12.1 Å². The Morgan fingerprint density at radius 2 is 1.48 bits per heavy atom. The molecular formula is C22H31ClN2O6S2. The van der Waals surface area contributed by atoms with E-state index in [1.54, 1.807) is 14.2 Å². The predicted octanol–water partition coefficient (Wildman–Crippen LogP) is 2.65. The number of rotatable bonds is 10. The molecule has 0 unspecified atom stereocenters. The van der Waals surface area contributed by atoms with Crippen LogP contribution in [0.3, 0.4) is 0 Å². The van der Waals surface area contributed by atoms with Crippen molar-refractivity contribution in [2.45, 2.75) is 35.6 Å². The van der Waals surface area contributed by atoms with Crippen molar-refractivity contribution in [3.8, 4) is 11.5 Å². The van der Waals surface area contributed by atoms with Gasteiger partial charge in [0.15, 0.2) is 21.3 Å². The molecule has 0 aliphatic carbocycles. The Balaban J connectivity index is 0.00000385. The van der Waals surface area contributed by atoms with Crippen LogP contribution < -0.4 is 14.2 Å². The molecule has 2 aromatic carbocycles. The summed E-state index contributed by atoms with van der Waals surface area (Å²) in [7, 11) is -3.76. The molecule has 1 N–H and O–H groups in total. The highest BCUT2D eigenvalue weighted by Crippen LogP contribution is 2.33. The van der Waals surface area contributed by atoms with Crippen LogP contribution in [0, 0.1) is 0 Å². The zero-order valence-electron chi connectivity index (χ0n) is 19.0. The Bertz CT molecular complexity index is 1150. The summed E-state index contributed by atoms with van der Waals surface area (Å²) in [5.74, 6) is 1.48. The van der Waals surface area contributed by atoms with Crippen LogP contribution in [0.15, 0.2) is 46.2 Å². The number of benzene rings is 2. The number of hydrogen-bond acceptors (Lipinski definition) is 7. The average molecular weight is 519 g/mol. The summed E-state index contributed by atoms with van der Waals surface area (Å²) in [6, 6.07) is 9.32. The fourth-order valence-corrected chi connectivity index (χ4v) is 5.45. The van der Waals surface area contributed by atoms with Gasteiger partial charge in [0.05, 0.1) is 24.0 Å². The number of unbranched alkanes of at least 4 members (excludes halogenated alkanes) is 1. The van der Waals surface area contributed by atoms with E-state index in [4.69, 9.17) is 9.47 Å². The van der Waals surface area contributed by atoms with E-state index in [0.29, 0.717) is 13.0 Å². The second kappa shape index (κ2) is 11.5. The van der Waals surface area contributed by atoms with Gasteiger partial charge in [0.1, 0.15) is 0 Å². The summed E-state index contributed by atoms with van der Waals surface area (Å²) >= 11 is 0. The molecule has 33 heavy (non-hydrogen) atoms. The van der Waals surface area contributed by atoms with Crippen LogP contribution in [0.5, 0.6) is 11.5 Å². The van der Waals surface area contributed by atoms with Crippen molar-refractivity contribution in [2.24, 2.45) is 0 Å². The van der Waals surface area contributed by atoms with E-state index in [2.05, 4.69) is 9.62 Å². The first-order chi connectivity index (χ1) is 15.1. The fraction of sp³-hybridized carbons (Fsp3) is 0.455. The van der Waals surface area contributed by atoms with Gasteiger partial charge in [-0.3, -0.25) is 4.90 Å². The van der Waals surface area contributed by atoms with Crippen molar-refractivity contribution in [1.29, 1.82) is 0 Å².